The largest absolute Gasteiger partial charge is 0.335 e. The summed E-state index contributed by atoms with van der Waals surface area (Å²) in [5.41, 5.74) is 2.95. The Kier molecular flexibility index (Phi) is 3.66. The number of benzene rings is 1. The number of rotatable bonds is 4. The van der Waals surface area contributed by atoms with Gasteiger partial charge >= 0.3 is 0 Å². The fraction of sp³-hybridized carbons (Fsp3) is 0.467. The lowest BCUT2D eigenvalue weighted by atomic mass is 10.0. The van der Waals surface area contributed by atoms with Crippen LogP contribution in [0.4, 0.5) is 0 Å². The molecule has 18 heavy (non-hydrogen) atoms. The third-order valence-electron chi connectivity index (χ3n) is 3.33. The van der Waals surface area contributed by atoms with Crippen molar-refractivity contribution in [2.24, 2.45) is 0 Å². The Morgan fingerprint density at radius 2 is 2.17 bits per heavy atom. The number of hydrogen-bond donors (Lipinski definition) is 0. The van der Waals surface area contributed by atoms with Crippen LogP contribution in [-0.2, 0) is 0 Å². The van der Waals surface area contributed by atoms with Crippen LogP contribution in [-0.4, -0.2) is 23.4 Å². The van der Waals surface area contributed by atoms with Crippen LogP contribution in [0.25, 0.3) is 0 Å². The van der Waals surface area contributed by atoms with Crippen LogP contribution >= 0.6 is 0 Å². The van der Waals surface area contributed by atoms with Gasteiger partial charge in [0.05, 0.1) is 12.5 Å². The summed E-state index contributed by atoms with van der Waals surface area (Å²) >= 11 is 0. The number of nitrogens with zero attached hydrogens (tertiary/aromatic N) is 2. The van der Waals surface area contributed by atoms with Crippen molar-refractivity contribution in [3.8, 4) is 6.07 Å². The average molecular weight is 242 g/mol. The van der Waals surface area contributed by atoms with Crippen molar-refractivity contribution in [2.75, 3.05) is 6.54 Å². The number of carbonyl (C=O) groups is 1. The van der Waals surface area contributed by atoms with Gasteiger partial charge in [-0.3, -0.25) is 4.79 Å². The second kappa shape index (κ2) is 5.22. The maximum absolute atomic E-state index is 12.5. The van der Waals surface area contributed by atoms with E-state index in [0.29, 0.717) is 19.0 Å². The van der Waals surface area contributed by atoms with Gasteiger partial charge in [-0.25, -0.2) is 0 Å². The summed E-state index contributed by atoms with van der Waals surface area (Å²) in [4.78, 5) is 14.3. The average Bonchev–Trinajstić information content (AvgIpc) is 3.13. The quantitative estimate of drug-likeness (QED) is 0.815. The molecule has 0 atom stereocenters. The molecule has 1 fully saturated rings. The topological polar surface area (TPSA) is 44.1 Å². The highest BCUT2D eigenvalue weighted by molar-refractivity contribution is 5.96. The first-order valence-corrected chi connectivity index (χ1v) is 6.38. The Morgan fingerprint density at radius 3 is 2.72 bits per heavy atom. The molecule has 0 bridgehead atoms. The minimum Gasteiger partial charge on any atom is -0.335 e. The van der Waals surface area contributed by atoms with E-state index in [1.165, 1.54) is 5.56 Å². The molecule has 0 unspecified atom stereocenters. The molecule has 94 valence electrons. The first-order valence-electron chi connectivity index (χ1n) is 6.38. The normalized spacial score (nSPS) is 14.1. The van der Waals surface area contributed by atoms with E-state index in [0.717, 1.165) is 24.0 Å². The predicted molar refractivity (Wildman–Crippen MR) is 70.2 cm³/mol. The van der Waals surface area contributed by atoms with E-state index in [1.807, 2.05) is 36.9 Å². The van der Waals surface area contributed by atoms with E-state index in [9.17, 15) is 4.79 Å². The van der Waals surface area contributed by atoms with Crippen LogP contribution in [0.1, 0.15) is 40.7 Å². The highest BCUT2D eigenvalue weighted by atomic mass is 16.2. The molecule has 1 amide bonds. The van der Waals surface area contributed by atoms with Crippen LogP contribution in [0.3, 0.4) is 0 Å². The van der Waals surface area contributed by atoms with Crippen LogP contribution in [0.5, 0.6) is 0 Å². The molecular weight excluding hydrogens is 224 g/mol. The van der Waals surface area contributed by atoms with Gasteiger partial charge in [-0.05, 0) is 38.3 Å². The summed E-state index contributed by atoms with van der Waals surface area (Å²) < 4.78 is 0. The van der Waals surface area contributed by atoms with E-state index in [-0.39, 0.29) is 5.91 Å². The Bertz CT molecular complexity index is 498. The van der Waals surface area contributed by atoms with Crippen molar-refractivity contribution in [1.82, 2.24) is 4.90 Å². The first-order chi connectivity index (χ1) is 8.63. The number of hydrogen-bond acceptors (Lipinski definition) is 2. The van der Waals surface area contributed by atoms with E-state index in [4.69, 9.17) is 5.26 Å². The molecule has 0 spiro atoms. The van der Waals surface area contributed by atoms with Gasteiger partial charge in [-0.1, -0.05) is 17.7 Å². The van der Waals surface area contributed by atoms with Crippen LogP contribution in [0.15, 0.2) is 18.2 Å². The fourth-order valence-electron chi connectivity index (χ4n) is 2.21. The number of carbonyl (C=O) groups excluding carboxylic acids is 1. The molecule has 0 heterocycles. The molecule has 3 heteroatoms. The lowest BCUT2D eigenvalue weighted by molar-refractivity contribution is 0.0746. The first kappa shape index (κ1) is 12.6. The molecule has 1 aliphatic carbocycles. The molecule has 0 saturated heterocycles. The van der Waals surface area contributed by atoms with Gasteiger partial charge in [0.15, 0.2) is 0 Å². The zero-order valence-electron chi connectivity index (χ0n) is 10.9. The van der Waals surface area contributed by atoms with Gasteiger partial charge < -0.3 is 4.90 Å². The number of amides is 1. The molecule has 1 aromatic rings. The Labute approximate surface area is 108 Å². The molecule has 0 aromatic heterocycles. The molecule has 1 saturated carbocycles. The fourth-order valence-corrected chi connectivity index (χ4v) is 2.21. The lowest BCUT2D eigenvalue weighted by Crippen LogP contribution is -2.34. The summed E-state index contributed by atoms with van der Waals surface area (Å²) in [6, 6.07) is 8.37. The van der Waals surface area contributed by atoms with E-state index in [2.05, 4.69) is 6.07 Å². The summed E-state index contributed by atoms with van der Waals surface area (Å²) in [5, 5.41) is 8.67. The molecule has 0 aliphatic heterocycles. The molecule has 0 N–H and O–H groups in total. The van der Waals surface area contributed by atoms with E-state index < -0.39 is 0 Å². The summed E-state index contributed by atoms with van der Waals surface area (Å²) in [7, 11) is 0. The minimum atomic E-state index is 0.0743. The van der Waals surface area contributed by atoms with Crippen molar-refractivity contribution >= 4 is 5.91 Å². The van der Waals surface area contributed by atoms with Gasteiger partial charge in [-0.2, -0.15) is 5.26 Å². The van der Waals surface area contributed by atoms with E-state index >= 15 is 0 Å². The van der Waals surface area contributed by atoms with Crippen LogP contribution < -0.4 is 0 Å². The molecule has 3 nitrogen and oxygen atoms in total. The smallest absolute Gasteiger partial charge is 0.254 e. The molecule has 2 rings (SSSR count). The molecular formula is C15H18N2O. The second-order valence-corrected chi connectivity index (χ2v) is 4.96. The van der Waals surface area contributed by atoms with Crippen molar-refractivity contribution in [3.63, 3.8) is 0 Å². The summed E-state index contributed by atoms with van der Waals surface area (Å²) in [6.07, 6.45) is 2.55. The summed E-state index contributed by atoms with van der Waals surface area (Å²) in [6.45, 7) is 4.54. The standard InChI is InChI=1S/C15H18N2O/c1-11-4-7-14(12(2)10-11)15(18)17(9-3-8-16)13-5-6-13/h4,7,10,13H,3,5-6,9H2,1-2H3. The second-order valence-electron chi connectivity index (χ2n) is 4.96. The number of nitriles is 1. The molecule has 1 aliphatic rings. The third kappa shape index (κ3) is 2.70. The van der Waals surface area contributed by atoms with Crippen molar-refractivity contribution in [3.05, 3.63) is 34.9 Å². The maximum Gasteiger partial charge on any atom is 0.254 e. The zero-order chi connectivity index (χ0) is 13.1. The van der Waals surface area contributed by atoms with Crippen LogP contribution in [0, 0.1) is 25.2 Å². The van der Waals surface area contributed by atoms with Gasteiger partial charge in [0.1, 0.15) is 0 Å². The summed E-state index contributed by atoms with van der Waals surface area (Å²) in [5.74, 6) is 0.0743. The highest BCUT2D eigenvalue weighted by Crippen LogP contribution is 2.29. The lowest BCUT2D eigenvalue weighted by Gasteiger charge is -2.22. The monoisotopic (exact) mass is 242 g/mol. The van der Waals surface area contributed by atoms with Gasteiger partial charge in [0.2, 0.25) is 0 Å². The highest BCUT2D eigenvalue weighted by Gasteiger charge is 2.33. The number of aryl methyl sites for hydroxylation is 2. The SMILES string of the molecule is Cc1ccc(C(=O)N(CCC#N)C2CC2)c(C)c1. The minimum absolute atomic E-state index is 0.0743. The molecule has 1 aromatic carbocycles. The van der Waals surface area contributed by atoms with Crippen molar-refractivity contribution in [1.29, 1.82) is 5.26 Å². The van der Waals surface area contributed by atoms with Crippen molar-refractivity contribution in [2.45, 2.75) is 39.2 Å². The third-order valence-corrected chi connectivity index (χ3v) is 3.33. The van der Waals surface area contributed by atoms with Crippen molar-refractivity contribution < 1.29 is 4.79 Å². The van der Waals surface area contributed by atoms with Gasteiger partial charge in [0.25, 0.3) is 5.91 Å². The molecule has 0 radical (unpaired) electrons. The van der Waals surface area contributed by atoms with Gasteiger partial charge in [0, 0.05) is 18.2 Å². The van der Waals surface area contributed by atoms with E-state index in [1.54, 1.807) is 0 Å². The van der Waals surface area contributed by atoms with Crippen LogP contribution in [0.2, 0.25) is 0 Å². The Balaban J connectivity index is 2.19. The Morgan fingerprint density at radius 1 is 1.44 bits per heavy atom. The van der Waals surface area contributed by atoms with Gasteiger partial charge in [-0.15, -0.1) is 0 Å². The Hall–Kier alpha value is -1.82. The predicted octanol–water partition coefficient (Wildman–Crippen LogP) is 2.82. The zero-order valence-corrected chi connectivity index (χ0v) is 10.9. The maximum atomic E-state index is 12.5.